The van der Waals surface area contributed by atoms with Gasteiger partial charge in [0.15, 0.2) is 0 Å². The molecule has 3 aromatic rings. The van der Waals surface area contributed by atoms with E-state index in [2.05, 4.69) is 20.7 Å². The SMILES string of the molecule is COCCCN(Cc1ccc(OC)cc1)C(=O)Nc1ccc2n[nH]nc2c1. The van der Waals surface area contributed by atoms with Gasteiger partial charge in [0.2, 0.25) is 0 Å². The topological polar surface area (TPSA) is 92.4 Å². The highest BCUT2D eigenvalue weighted by Crippen LogP contribution is 2.17. The molecule has 0 aliphatic heterocycles. The van der Waals surface area contributed by atoms with Crippen LogP contribution in [-0.2, 0) is 11.3 Å². The summed E-state index contributed by atoms with van der Waals surface area (Å²) in [6, 6.07) is 12.9. The lowest BCUT2D eigenvalue weighted by atomic mass is 10.2. The summed E-state index contributed by atoms with van der Waals surface area (Å²) in [6.07, 6.45) is 0.752. The molecule has 2 aromatic carbocycles. The Kier molecular flexibility index (Phi) is 6.22. The highest BCUT2D eigenvalue weighted by Gasteiger charge is 2.15. The van der Waals surface area contributed by atoms with Gasteiger partial charge in [-0.05, 0) is 42.3 Å². The van der Waals surface area contributed by atoms with Crippen LogP contribution in [0.1, 0.15) is 12.0 Å². The molecule has 2 N–H and O–H groups in total. The Hall–Kier alpha value is -3.13. The Morgan fingerprint density at radius 3 is 2.63 bits per heavy atom. The molecule has 0 aliphatic rings. The average molecular weight is 369 g/mol. The van der Waals surface area contributed by atoms with Crippen molar-refractivity contribution in [2.75, 3.05) is 32.7 Å². The Bertz CT molecular complexity index is 878. The molecular weight excluding hydrogens is 346 g/mol. The predicted molar refractivity (Wildman–Crippen MR) is 103 cm³/mol. The fraction of sp³-hybridized carbons (Fsp3) is 0.316. The van der Waals surface area contributed by atoms with Crippen molar-refractivity contribution >= 4 is 22.8 Å². The molecule has 0 saturated carbocycles. The van der Waals surface area contributed by atoms with Gasteiger partial charge in [0.25, 0.3) is 0 Å². The summed E-state index contributed by atoms with van der Waals surface area (Å²) in [4.78, 5) is 14.6. The number of amides is 2. The Balaban J connectivity index is 1.70. The van der Waals surface area contributed by atoms with Crippen LogP contribution in [0.2, 0.25) is 0 Å². The van der Waals surface area contributed by atoms with Crippen molar-refractivity contribution in [2.24, 2.45) is 0 Å². The van der Waals surface area contributed by atoms with Crippen LogP contribution in [0.15, 0.2) is 42.5 Å². The fourth-order valence-corrected chi connectivity index (χ4v) is 2.72. The van der Waals surface area contributed by atoms with Crippen LogP contribution in [0.4, 0.5) is 10.5 Å². The molecule has 0 atom stereocenters. The number of methoxy groups -OCH3 is 2. The van der Waals surface area contributed by atoms with Crippen molar-refractivity contribution in [3.8, 4) is 5.75 Å². The maximum Gasteiger partial charge on any atom is 0.322 e. The largest absolute Gasteiger partial charge is 0.497 e. The molecule has 0 spiro atoms. The summed E-state index contributed by atoms with van der Waals surface area (Å²) in [7, 11) is 3.28. The number of hydrogen-bond acceptors (Lipinski definition) is 5. The van der Waals surface area contributed by atoms with Crippen molar-refractivity contribution in [3.63, 3.8) is 0 Å². The molecule has 1 aromatic heterocycles. The van der Waals surface area contributed by atoms with Gasteiger partial charge in [-0.1, -0.05) is 12.1 Å². The Morgan fingerprint density at radius 1 is 1.11 bits per heavy atom. The van der Waals surface area contributed by atoms with Gasteiger partial charge in [-0.25, -0.2) is 4.79 Å². The summed E-state index contributed by atoms with van der Waals surface area (Å²) in [5.41, 5.74) is 3.15. The number of carbonyl (C=O) groups excluding carboxylic acids is 1. The van der Waals surface area contributed by atoms with Gasteiger partial charge in [-0.3, -0.25) is 0 Å². The summed E-state index contributed by atoms with van der Waals surface area (Å²) >= 11 is 0. The van der Waals surface area contributed by atoms with Gasteiger partial charge in [-0.15, -0.1) is 0 Å². The summed E-state index contributed by atoms with van der Waals surface area (Å²) in [5.74, 6) is 0.787. The van der Waals surface area contributed by atoms with Gasteiger partial charge in [-0.2, -0.15) is 15.4 Å². The van der Waals surface area contributed by atoms with Crippen molar-refractivity contribution in [2.45, 2.75) is 13.0 Å². The van der Waals surface area contributed by atoms with Crippen molar-refractivity contribution in [1.82, 2.24) is 20.3 Å². The normalized spacial score (nSPS) is 10.7. The van der Waals surface area contributed by atoms with E-state index in [-0.39, 0.29) is 6.03 Å². The zero-order chi connectivity index (χ0) is 19.1. The van der Waals surface area contributed by atoms with E-state index in [1.165, 1.54) is 0 Å². The van der Waals surface area contributed by atoms with E-state index in [1.807, 2.05) is 36.4 Å². The third kappa shape index (κ3) is 4.95. The summed E-state index contributed by atoms with van der Waals surface area (Å²) in [5, 5.41) is 13.6. The number of benzene rings is 2. The van der Waals surface area contributed by atoms with E-state index < -0.39 is 0 Å². The molecule has 1 heterocycles. The lowest BCUT2D eigenvalue weighted by Gasteiger charge is -2.23. The maximum atomic E-state index is 12.8. The molecule has 3 rings (SSSR count). The number of nitrogens with one attached hydrogen (secondary N) is 2. The van der Waals surface area contributed by atoms with E-state index in [9.17, 15) is 4.79 Å². The molecule has 8 nitrogen and oxygen atoms in total. The smallest absolute Gasteiger partial charge is 0.322 e. The molecule has 0 saturated heterocycles. The molecule has 0 aliphatic carbocycles. The van der Waals surface area contributed by atoms with E-state index in [1.54, 1.807) is 25.2 Å². The highest BCUT2D eigenvalue weighted by molar-refractivity contribution is 5.91. The summed E-state index contributed by atoms with van der Waals surface area (Å²) in [6.45, 7) is 1.67. The van der Waals surface area contributed by atoms with Crippen LogP contribution in [0.3, 0.4) is 0 Å². The number of ether oxygens (including phenoxy) is 2. The first-order valence-corrected chi connectivity index (χ1v) is 8.68. The molecule has 0 fully saturated rings. The zero-order valence-corrected chi connectivity index (χ0v) is 15.4. The van der Waals surface area contributed by atoms with Crippen LogP contribution in [0.5, 0.6) is 5.75 Å². The van der Waals surface area contributed by atoms with Gasteiger partial charge >= 0.3 is 6.03 Å². The lowest BCUT2D eigenvalue weighted by Crippen LogP contribution is -2.35. The third-order valence-electron chi connectivity index (χ3n) is 4.16. The molecule has 0 radical (unpaired) electrons. The number of hydrogen-bond donors (Lipinski definition) is 2. The first-order chi connectivity index (χ1) is 13.2. The van der Waals surface area contributed by atoms with Crippen molar-refractivity contribution in [1.29, 1.82) is 0 Å². The fourth-order valence-electron chi connectivity index (χ4n) is 2.72. The number of urea groups is 1. The van der Waals surface area contributed by atoms with Crippen LogP contribution in [0, 0.1) is 0 Å². The van der Waals surface area contributed by atoms with E-state index in [0.717, 1.165) is 23.3 Å². The first kappa shape index (κ1) is 18.7. The highest BCUT2D eigenvalue weighted by atomic mass is 16.5. The van der Waals surface area contributed by atoms with E-state index in [4.69, 9.17) is 9.47 Å². The molecule has 8 heteroatoms. The number of aromatic nitrogens is 3. The molecule has 27 heavy (non-hydrogen) atoms. The van der Waals surface area contributed by atoms with E-state index in [0.29, 0.717) is 30.9 Å². The third-order valence-corrected chi connectivity index (χ3v) is 4.16. The molecule has 2 amide bonds. The second-order valence-electron chi connectivity index (χ2n) is 6.07. The lowest BCUT2D eigenvalue weighted by molar-refractivity contribution is 0.171. The van der Waals surface area contributed by atoms with Gasteiger partial charge in [0.05, 0.1) is 7.11 Å². The molecule has 0 bridgehead atoms. The summed E-state index contributed by atoms with van der Waals surface area (Å²) < 4.78 is 10.3. The van der Waals surface area contributed by atoms with Gasteiger partial charge < -0.3 is 19.7 Å². The second-order valence-corrected chi connectivity index (χ2v) is 6.07. The van der Waals surface area contributed by atoms with Crippen LogP contribution >= 0.6 is 0 Å². The quantitative estimate of drug-likeness (QED) is 0.596. The minimum atomic E-state index is -0.176. The van der Waals surface area contributed by atoms with E-state index >= 15 is 0 Å². The monoisotopic (exact) mass is 369 g/mol. The standard InChI is InChI=1S/C19H23N5O3/c1-26-11-3-10-24(13-14-4-7-16(27-2)8-5-14)19(25)20-15-6-9-17-18(12-15)22-23-21-17/h4-9,12H,3,10-11,13H2,1-2H3,(H,20,25)(H,21,22,23). The maximum absolute atomic E-state index is 12.8. The van der Waals surface area contributed by atoms with Crippen molar-refractivity contribution in [3.05, 3.63) is 48.0 Å². The first-order valence-electron chi connectivity index (χ1n) is 8.68. The number of aromatic amines is 1. The van der Waals surface area contributed by atoms with Crippen molar-refractivity contribution < 1.29 is 14.3 Å². The number of anilines is 1. The Labute approximate surface area is 157 Å². The molecule has 142 valence electrons. The number of carbonyl (C=O) groups is 1. The average Bonchev–Trinajstić information content (AvgIpc) is 3.15. The van der Waals surface area contributed by atoms with Crippen LogP contribution < -0.4 is 10.1 Å². The second kappa shape index (κ2) is 9.00. The minimum Gasteiger partial charge on any atom is -0.497 e. The number of fused-ring (bicyclic) bond motifs is 1. The Morgan fingerprint density at radius 2 is 1.89 bits per heavy atom. The van der Waals surface area contributed by atoms with Gasteiger partial charge in [0, 0.05) is 32.5 Å². The van der Waals surface area contributed by atoms with Crippen LogP contribution in [0.25, 0.3) is 11.0 Å². The predicted octanol–water partition coefficient (Wildman–Crippen LogP) is 3.04. The molecule has 0 unspecified atom stereocenters. The number of rotatable bonds is 8. The molecular formula is C19H23N5O3. The van der Waals surface area contributed by atoms with Gasteiger partial charge in [0.1, 0.15) is 16.8 Å². The van der Waals surface area contributed by atoms with Crippen LogP contribution in [-0.4, -0.2) is 53.7 Å². The minimum absolute atomic E-state index is 0.176. The number of nitrogens with zero attached hydrogens (tertiary/aromatic N) is 3. The number of H-pyrrole nitrogens is 1. The zero-order valence-electron chi connectivity index (χ0n) is 15.4.